The van der Waals surface area contributed by atoms with Crippen molar-refractivity contribution in [1.82, 2.24) is 5.32 Å². The molecular formula is C13H16Cl2N2O2. The van der Waals surface area contributed by atoms with Crippen molar-refractivity contribution in [2.45, 2.75) is 31.9 Å². The summed E-state index contributed by atoms with van der Waals surface area (Å²) in [7, 11) is 0. The fourth-order valence-electron chi connectivity index (χ4n) is 2.06. The van der Waals surface area contributed by atoms with Crippen LogP contribution < -0.4 is 15.8 Å². The van der Waals surface area contributed by atoms with Crippen molar-refractivity contribution in [3.63, 3.8) is 0 Å². The first kappa shape index (κ1) is 14.4. The average Bonchev–Trinajstić information content (AvgIpc) is 2.57. The van der Waals surface area contributed by atoms with E-state index < -0.39 is 6.10 Å². The van der Waals surface area contributed by atoms with E-state index in [1.807, 2.05) is 0 Å². The SMILES string of the molecule is NCc1cc(Cl)cc(Cl)c1OC1CCCCNC1=O. The number of carbonyl (C=O) groups excluding carboxylic acids is 1. The van der Waals surface area contributed by atoms with Crippen LogP contribution in [0, 0.1) is 0 Å². The molecule has 1 aromatic rings. The molecule has 4 nitrogen and oxygen atoms in total. The zero-order valence-corrected chi connectivity index (χ0v) is 11.9. The minimum Gasteiger partial charge on any atom is -0.479 e. The van der Waals surface area contributed by atoms with Gasteiger partial charge in [0.15, 0.2) is 6.10 Å². The maximum Gasteiger partial charge on any atom is 0.261 e. The lowest BCUT2D eigenvalue weighted by atomic mass is 10.1. The molecule has 3 N–H and O–H groups in total. The summed E-state index contributed by atoms with van der Waals surface area (Å²) in [5.41, 5.74) is 6.36. The lowest BCUT2D eigenvalue weighted by molar-refractivity contribution is -0.127. The molecule has 2 rings (SSSR count). The lowest BCUT2D eigenvalue weighted by Gasteiger charge is -2.19. The Kier molecular flexibility index (Phi) is 4.91. The molecule has 0 saturated carbocycles. The maximum atomic E-state index is 11.9. The van der Waals surface area contributed by atoms with E-state index in [4.69, 9.17) is 33.7 Å². The van der Waals surface area contributed by atoms with E-state index in [0.29, 0.717) is 34.3 Å². The highest BCUT2D eigenvalue weighted by molar-refractivity contribution is 6.35. The van der Waals surface area contributed by atoms with Crippen molar-refractivity contribution >= 4 is 29.1 Å². The van der Waals surface area contributed by atoms with Crippen molar-refractivity contribution in [3.8, 4) is 5.75 Å². The molecule has 0 aromatic heterocycles. The molecule has 1 aromatic carbocycles. The molecule has 1 aliphatic heterocycles. The van der Waals surface area contributed by atoms with Gasteiger partial charge in [0.05, 0.1) is 5.02 Å². The van der Waals surface area contributed by atoms with E-state index in [2.05, 4.69) is 5.32 Å². The standard InChI is InChI=1S/C13H16Cl2N2O2/c14-9-5-8(7-16)12(10(15)6-9)19-11-3-1-2-4-17-13(11)18/h5-6,11H,1-4,7,16H2,(H,17,18). The number of rotatable bonds is 3. The molecule has 0 aliphatic carbocycles. The Morgan fingerprint density at radius 1 is 1.37 bits per heavy atom. The Bertz CT molecular complexity index is 480. The Morgan fingerprint density at radius 3 is 2.89 bits per heavy atom. The van der Waals surface area contributed by atoms with Gasteiger partial charge < -0.3 is 15.8 Å². The summed E-state index contributed by atoms with van der Waals surface area (Å²) in [6, 6.07) is 3.30. The predicted molar refractivity (Wildman–Crippen MR) is 75.6 cm³/mol. The predicted octanol–water partition coefficient (Wildman–Crippen LogP) is 2.50. The van der Waals surface area contributed by atoms with Gasteiger partial charge in [-0.3, -0.25) is 4.79 Å². The number of benzene rings is 1. The minimum absolute atomic E-state index is 0.105. The number of hydrogen-bond acceptors (Lipinski definition) is 3. The van der Waals surface area contributed by atoms with Crippen LogP contribution in [0.3, 0.4) is 0 Å². The highest BCUT2D eigenvalue weighted by Gasteiger charge is 2.24. The summed E-state index contributed by atoms with van der Waals surface area (Å²) >= 11 is 12.0. The van der Waals surface area contributed by atoms with Crippen molar-refractivity contribution in [2.24, 2.45) is 5.73 Å². The summed E-state index contributed by atoms with van der Waals surface area (Å²) in [6.45, 7) is 0.945. The summed E-state index contributed by atoms with van der Waals surface area (Å²) < 4.78 is 5.77. The Labute approximate surface area is 122 Å². The van der Waals surface area contributed by atoms with Gasteiger partial charge in [-0.2, -0.15) is 0 Å². The normalized spacial score (nSPS) is 19.7. The molecule has 1 unspecified atom stereocenters. The number of ether oxygens (including phenoxy) is 1. The van der Waals surface area contributed by atoms with E-state index in [1.54, 1.807) is 12.1 Å². The van der Waals surface area contributed by atoms with Crippen LogP contribution in [0.25, 0.3) is 0 Å². The molecular weight excluding hydrogens is 287 g/mol. The first-order chi connectivity index (χ1) is 9.11. The van der Waals surface area contributed by atoms with Gasteiger partial charge >= 0.3 is 0 Å². The van der Waals surface area contributed by atoms with E-state index in [1.165, 1.54) is 0 Å². The van der Waals surface area contributed by atoms with Crippen LogP contribution in [0.4, 0.5) is 0 Å². The molecule has 6 heteroatoms. The fourth-order valence-corrected chi connectivity index (χ4v) is 2.64. The first-order valence-corrected chi connectivity index (χ1v) is 6.99. The van der Waals surface area contributed by atoms with Gasteiger partial charge in [0.2, 0.25) is 0 Å². The van der Waals surface area contributed by atoms with Crippen LogP contribution in [0.15, 0.2) is 12.1 Å². The van der Waals surface area contributed by atoms with Gasteiger partial charge in [-0.05, 0) is 31.4 Å². The monoisotopic (exact) mass is 302 g/mol. The zero-order valence-electron chi connectivity index (χ0n) is 10.4. The number of carbonyl (C=O) groups is 1. The molecule has 0 spiro atoms. The summed E-state index contributed by atoms with van der Waals surface area (Å²) in [5, 5.41) is 3.70. The van der Waals surface area contributed by atoms with Gasteiger partial charge in [-0.1, -0.05) is 23.2 Å². The van der Waals surface area contributed by atoms with Gasteiger partial charge in [-0.15, -0.1) is 0 Å². The third kappa shape index (κ3) is 3.53. The van der Waals surface area contributed by atoms with Crippen molar-refractivity contribution in [3.05, 3.63) is 27.7 Å². The second-order valence-electron chi connectivity index (χ2n) is 4.47. The molecule has 0 radical (unpaired) electrons. The number of halogens is 2. The van der Waals surface area contributed by atoms with Gasteiger partial charge in [-0.25, -0.2) is 0 Å². The number of hydrogen-bond donors (Lipinski definition) is 2. The zero-order chi connectivity index (χ0) is 13.8. The largest absolute Gasteiger partial charge is 0.479 e. The highest BCUT2D eigenvalue weighted by atomic mass is 35.5. The molecule has 1 saturated heterocycles. The Hall–Kier alpha value is -0.970. The number of nitrogens with two attached hydrogens (primary N) is 1. The second kappa shape index (κ2) is 6.46. The Morgan fingerprint density at radius 2 is 2.16 bits per heavy atom. The molecule has 0 bridgehead atoms. The van der Waals surface area contributed by atoms with E-state index >= 15 is 0 Å². The molecule has 1 fully saturated rings. The van der Waals surface area contributed by atoms with E-state index in [9.17, 15) is 4.79 Å². The lowest BCUT2D eigenvalue weighted by Crippen LogP contribution is -2.36. The van der Waals surface area contributed by atoms with Crippen LogP contribution in [0.1, 0.15) is 24.8 Å². The third-order valence-electron chi connectivity index (χ3n) is 3.05. The molecule has 104 valence electrons. The molecule has 1 amide bonds. The average molecular weight is 303 g/mol. The summed E-state index contributed by atoms with van der Waals surface area (Å²) in [5.74, 6) is 0.349. The number of amides is 1. The Balaban J connectivity index is 2.24. The van der Waals surface area contributed by atoms with Gasteiger partial charge in [0.1, 0.15) is 5.75 Å². The summed E-state index contributed by atoms with van der Waals surface area (Å²) in [4.78, 5) is 11.9. The third-order valence-corrected chi connectivity index (χ3v) is 3.55. The van der Waals surface area contributed by atoms with Crippen LogP contribution in [0.2, 0.25) is 10.0 Å². The fraction of sp³-hybridized carbons (Fsp3) is 0.462. The molecule has 19 heavy (non-hydrogen) atoms. The quantitative estimate of drug-likeness (QED) is 0.901. The molecule has 1 atom stereocenters. The molecule has 1 aliphatic rings. The first-order valence-electron chi connectivity index (χ1n) is 6.24. The van der Waals surface area contributed by atoms with Crippen LogP contribution in [-0.2, 0) is 11.3 Å². The topological polar surface area (TPSA) is 64.3 Å². The van der Waals surface area contributed by atoms with Crippen LogP contribution in [-0.4, -0.2) is 18.6 Å². The second-order valence-corrected chi connectivity index (χ2v) is 5.32. The van der Waals surface area contributed by atoms with E-state index in [-0.39, 0.29) is 12.5 Å². The van der Waals surface area contributed by atoms with E-state index in [0.717, 1.165) is 12.8 Å². The van der Waals surface area contributed by atoms with Crippen LogP contribution in [0.5, 0.6) is 5.75 Å². The molecule has 1 heterocycles. The van der Waals surface area contributed by atoms with Crippen molar-refractivity contribution in [2.75, 3.05) is 6.54 Å². The smallest absolute Gasteiger partial charge is 0.261 e. The van der Waals surface area contributed by atoms with Gasteiger partial charge in [0.25, 0.3) is 5.91 Å². The highest BCUT2D eigenvalue weighted by Crippen LogP contribution is 2.33. The van der Waals surface area contributed by atoms with Gasteiger partial charge in [0, 0.05) is 23.7 Å². The maximum absolute atomic E-state index is 11.9. The van der Waals surface area contributed by atoms with Crippen molar-refractivity contribution in [1.29, 1.82) is 0 Å². The summed E-state index contributed by atoms with van der Waals surface area (Å²) in [6.07, 6.45) is 2.05. The minimum atomic E-state index is -0.522. The number of nitrogens with one attached hydrogen (secondary N) is 1. The van der Waals surface area contributed by atoms with Crippen molar-refractivity contribution < 1.29 is 9.53 Å². The van der Waals surface area contributed by atoms with Crippen LogP contribution >= 0.6 is 23.2 Å².